The largest absolute Gasteiger partial charge is 0.399 e. The fourth-order valence-electron chi connectivity index (χ4n) is 3.11. The molecule has 0 amide bonds. The summed E-state index contributed by atoms with van der Waals surface area (Å²) >= 11 is 0. The van der Waals surface area contributed by atoms with E-state index < -0.39 is 0 Å². The molecule has 0 aliphatic heterocycles. The van der Waals surface area contributed by atoms with E-state index in [1.807, 2.05) is 24.3 Å². The Hall–Kier alpha value is -2.72. The zero-order chi connectivity index (χ0) is 14.2. The van der Waals surface area contributed by atoms with Crippen molar-refractivity contribution in [1.29, 1.82) is 0 Å². The Bertz CT molecular complexity index is 900. The number of nitrogen functional groups attached to an aromatic ring is 1. The maximum Gasteiger partial charge on any atom is 0.0327 e. The van der Waals surface area contributed by atoms with Crippen molar-refractivity contribution in [3.05, 3.63) is 76.9 Å². The molecule has 1 heteroatoms. The van der Waals surface area contributed by atoms with Gasteiger partial charge < -0.3 is 5.73 Å². The van der Waals surface area contributed by atoms with E-state index in [1.165, 1.54) is 21.9 Å². The Labute approximate surface area is 124 Å². The number of hydrogen-bond donors (Lipinski definition) is 1. The summed E-state index contributed by atoms with van der Waals surface area (Å²) in [5, 5.41) is 2.69. The van der Waals surface area contributed by atoms with E-state index in [1.54, 1.807) is 0 Å². The highest BCUT2D eigenvalue weighted by Crippen LogP contribution is 2.32. The molecule has 0 bridgehead atoms. The number of nitrogens with two attached hydrogens (primary N) is 1. The smallest absolute Gasteiger partial charge is 0.0327 e. The van der Waals surface area contributed by atoms with Crippen LogP contribution in [0.1, 0.15) is 22.3 Å². The van der Waals surface area contributed by atoms with Gasteiger partial charge in [0, 0.05) is 16.8 Å². The molecule has 2 N–H and O–H groups in total. The second-order valence-electron chi connectivity index (χ2n) is 5.49. The van der Waals surface area contributed by atoms with Crippen molar-refractivity contribution in [2.24, 2.45) is 0 Å². The second-order valence-corrected chi connectivity index (χ2v) is 5.49. The van der Waals surface area contributed by atoms with Gasteiger partial charge in [-0.05, 0) is 59.0 Å². The molecule has 0 saturated heterocycles. The summed E-state index contributed by atoms with van der Waals surface area (Å²) in [6.07, 6.45) is 2.30. The molecule has 4 rings (SSSR count). The lowest BCUT2D eigenvalue weighted by Gasteiger charge is -2.04. The van der Waals surface area contributed by atoms with Crippen molar-refractivity contribution in [1.82, 2.24) is 0 Å². The highest BCUT2D eigenvalue weighted by Gasteiger charge is 2.14. The average molecular weight is 269 g/mol. The topological polar surface area (TPSA) is 26.0 Å². The zero-order valence-corrected chi connectivity index (χ0v) is 11.7. The van der Waals surface area contributed by atoms with Gasteiger partial charge in [-0.2, -0.15) is 0 Å². The van der Waals surface area contributed by atoms with Gasteiger partial charge in [0.1, 0.15) is 0 Å². The van der Waals surface area contributed by atoms with Gasteiger partial charge in [-0.1, -0.05) is 42.2 Å². The normalized spacial score (nSPS) is 12.2. The number of hydrogen-bond acceptors (Lipinski definition) is 1. The minimum atomic E-state index is 0.752. The Balaban J connectivity index is 1.86. The van der Waals surface area contributed by atoms with Crippen molar-refractivity contribution in [2.75, 3.05) is 5.73 Å². The highest BCUT2D eigenvalue weighted by atomic mass is 14.5. The molecule has 0 aromatic heterocycles. The Morgan fingerprint density at radius 3 is 2.48 bits per heavy atom. The highest BCUT2D eigenvalue weighted by molar-refractivity contribution is 5.95. The summed E-state index contributed by atoms with van der Waals surface area (Å²) in [5.41, 5.74) is 11.5. The first-order chi connectivity index (χ1) is 10.3. The van der Waals surface area contributed by atoms with Crippen molar-refractivity contribution >= 4 is 16.5 Å². The predicted molar refractivity (Wildman–Crippen MR) is 88.2 cm³/mol. The van der Waals surface area contributed by atoms with Gasteiger partial charge in [-0.3, -0.25) is 0 Å². The quantitative estimate of drug-likeness (QED) is 0.486. The molecule has 1 aliphatic carbocycles. The van der Waals surface area contributed by atoms with Crippen LogP contribution in [-0.4, -0.2) is 0 Å². The van der Waals surface area contributed by atoms with Crippen LogP contribution in [0.5, 0.6) is 0 Å². The first kappa shape index (κ1) is 12.1. The second kappa shape index (κ2) is 4.68. The molecule has 21 heavy (non-hydrogen) atoms. The molecule has 1 nitrogen and oxygen atoms in total. The van der Waals surface area contributed by atoms with E-state index >= 15 is 0 Å². The molecular formula is C20H15N. The summed E-state index contributed by atoms with van der Waals surface area (Å²) in [6.45, 7) is 0. The number of aryl methyl sites for hydroxylation is 2. The van der Waals surface area contributed by atoms with Gasteiger partial charge in [0.25, 0.3) is 0 Å². The van der Waals surface area contributed by atoms with E-state index in [0.717, 1.165) is 29.7 Å². The van der Waals surface area contributed by atoms with Crippen LogP contribution in [0.2, 0.25) is 0 Å². The van der Waals surface area contributed by atoms with Crippen LogP contribution in [0, 0.1) is 11.8 Å². The maximum absolute atomic E-state index is 5.80. The van der Waals surface area contributed by atoms with E-state index in [-0.39, 0.29) is 0 Å². The number of benzene rings is 3. The van der Waals surface area contributed by atoms with Crippen LogP contribution in [0.3, 0.4) is 0 Å². The van der Waals surface area contributed by atoms with Crippen molar-refractivity contribution < 1.29 is 0 Å². The summed E-state index contributed by atoms with van der Waals surface area (Å²) in [4.78, 5) is 0. The lowest BCUT2D eigenvalue weighted by atomic mass is 10.00. The average Bonchev–Trinajstić information content (AvgIpc) is 2.92. The van der Waals surface area contributed by atoms with Crippen molar-refractivity contribution in [2.45, 2.75) is 12.8 Å². The summed E-state index contributed by atoms with van der Waals surface area (Å²) in [5.74, 6) is 6.53. The standard InChI is InChI=1S/C20H15N/c21-18-5-1-3-14(13-18)7-8-15-9-10-17-12-11-16-4-2-6-19(15)20(16)17/h1-6,9-10,13H,11-12,21H2. The van der Waals surface area contributed by atoms with Gasteiger partial charge >= 0.3 is 0 Å². The molecule has 0 atom stereocenters. The molecule has 0 fully saturated rings. The van der Waals surface area contributed by atoms with Gasteiger partial charge in [0.15, 0.2) is 0 Å². The van der Waals surface area contributed by atoms with Gasteiger partial charge in [0.05, 0.1) is 0 Å². The molecule has 0 heterocycles. The Morgan fingerprint density at radius 1 is 0.810 bits per heavy atom. The van der Waals surface area contributed by atoms with Crippen LogP contribution < -0.4 is 5.73 Å². The molecular weight excluding hydrogens is 254 g/mol. The minimum Gasteiger partial charge on any atom is -0.399 e. The Kier molecular flexibility index (Phi) is 2.69. The minimum absolute atomic E-state index is 0.752. The fraction of sp³-hybridized carbons (Fsp3) is 0.100. The SMILES string of the molecule is Nc1cccc(C#Cc2ccc3c4c(cccc24)CC3)c1. The van der Waals surface area contributed by atoms with Gasteiger partial charge in [-0.15, -0.1) is 0 Å². The van der Waals surface area contributed by atoms with Gasteiger partial charge in [-0.25, -0.2) is 0 Å². The summed E-state index contributed by atoms with van der Waals surface area (Å²) in [6, 6.07) is 18.6. The molecule has 0 saturated carbocycles. The molecule has 0 spiro atoms. The first-order valence-corrected chi connectivity index (χ1v) is 7.22. The molecule has 3 aromatic rings. The van der Waals surface area contributed by atoms with E-state index in [0.29, 0.717) is 0 Å². The van der Waals surface area contributed by atoms with Gasteiger partial charge in [0.2, 0.25) is 0 Å². The van der Waals surface area contributed by atoms with Crippen LogP contribution in [0.4, 0.5) is 5.69 Å². The maximum atomic E-state index is 5.80. The molecule has 3 aromatic carbocycles. The third-order valence-corrected chi connectivity index (χ3v) is 4.11. The number of rotatable bonds is 0. The third kappa shape index (κ3) is 2.06. The lowest BCUT2D eigenvalue weighted by molar-refractivity contribution is 1.02. The molecule has 100 valence electrons. The summed E-state index contributed by atoms with van der Waals surface area (Å²) in [7, 11) is 0. The van der Waals surface area contributed by atoms with Crippen LogP contribution in [-0.2, 0) is 12.8 Å². The van der Waals surface area contributed by atoms with Crippen LogP contribution in [0.25, 0.3) is 10.8 Å². The van der Waals surface area contributed by atoms with Crippen LogP contribution >= 0.6 is 0 Å². The fourth-order valence-corrected chi connectivity index (χ4v) is 3.11. The first-order valence-electron chi connectivity index (χ1n) is 7.22. The monoisotopic (exact) mass is 269 g/mol. The third-order valence-electron chi connectivity index (χ3n) is 4.11. The Morgan fingerprint density at radius 2 is 1.62 bits per heavy atom. The number of anilines is 1. The lowest BCUT2D eigenvalue weighted by Crippen LogP contribution is -1.86. The van der Waals surface area contributed by atoms with E-state index in [2.05, 4.69) is 42.2 Å². The molecule has 1 aliphatic rings. The van der Waals surface area contributed by atoms with Crippen molar-refractivity contribution in [3.63, 3.8) is 0 Å². The van der Waals surface area contributed by atoms with Crippen molar-refractivity contribution in [3.8, 4) is 11.8 Å². The molecule has 0 radical (unpaired) electrons. The summed E-state index contributed by atoms with van der Waals surface area (Å²) < 4.78 is 0. The van der Waals surface area contributed by atoms with E-state index in [4.69, 9.17) is 5.73 Å². The predicted octanol–water partition coefficient (Wildman–Crippen LogP) is 3.92. The zero-order valence-electron chi connectivity index (χ0n) is 11.7. The molecule has 0 unspecified atom stereocenters. The van der Waals surface area contributed by atoms with E-state index in [9.17, 15) is 0 Å². The van der Waals surface area contributed by atoms with Crippen LogP contribution in [0.15, 0.2) is 54.6 Å².